The minimum atomic E-state index is -0.620. The van der Waals surface area contributed by atoms with Crippen LogP contribution in [-0.2, 0) is 10.2 Å². The van der Waals surface area contributed by atoms with Crippen molar-refractivity contribution in [2.75, 3.05) is 20.6 Å². The minimum Gasteiger partial charge on any atom is -0.309 e. The van der Waals surface area contributed by atoms with Crippen LogP contribution in [0.2, 0.25) is 0 Å². The van der Waals surface area contributed by atoms with Gasteiger partial charge in [-0.05, 0) is 67.6 Å². The van der Waals surface area contributed by atoms with Gasteiger partial charge in [-0.25, -0.2) is 0 Å². The largest absolute Gasteiger partial charge is 0.309 e. The smallest absolute Gasteiger partial charge is 0.161 e. The molecule has 0 radical (unpaired) electrons. The average molecular weight is 459 g/mol. The van der Waals surface area contributed by atoms with Crippen LogP contribution in [0.4, 0.5) is 0 Å². The van der Waals surface area contributed by atoms with Crippen LogP contribution >= 0.6 is 43.2 Å². The van der Waals surface area contributed by atoms with E-state index in [1.165, 1.54) is 0 Å². The molecule has 0 saturated heterocycles. The van der Waals surface area contributed by atoms with Crippen LogP contribution in [0.1, 0.15) is 23.8 Å². The van der Waals surface area contributed by atoms with Gasteiger partial charge in [0.25, 0.3) is 0 Å². The fourth-order valence-corrected chi connectivity index (χ4v) is 4.82. The molecule has 2 atom stereocenters. The van der Waals surface area contributed by atoms with Crippen molar-refractivity contribution in [2.45, 2.75) is 23.6 Å². The van der Waals surface area contributed by atoms with Gasteiger partial charge in [0.1, 0.15) is 0 Å². The predicted molar refractivity (Wildman–Crippen MR) is 106 cm³/mol. The lowest BCUT2D eigenvalue weighted by Gasteiger charge is -2.34. The first kappa shape index (κ1) is 18.8. The van der Waals surface area contributed by atoms with Gasteiger partial charge in [0.05, 0.1) is 14.0 Å². The van der Waals surface area contributed by atoms with Gasteiger partial charge in [-0.2, -0.15) is 0 Å². The van der Waals surface area contributed by atoms with Crippen LogP contribution in [0.5, 0.6) is 0 Å². The SMILES string of the molecule is C[C@H](Br)C(=O)[C@](CCN(C)C)(c1ccccc1)c1ccc(Br)s1. The summed E-state index contributed by atoms with van der Waals surface area (Å²) in [7, 11) is 4.09. The molecule has 2 nitrogen and oxygen atoms in total. The van der Waals surface area contributed by atoms with E-state index in [2.05, 4.69) is 55.0 Å². The number of benzene rings is 1. The van der Waals surface area contributed by atoms with Crippen LogP contribution in [0.15, 0.2) is 46.3 Å². The maximum atomic E-state index is 13.3. The Kier molecular flexibility index (Phi) is 6.60. The molecule has 0 bridgehead atoms. The highest BCUT2D eigenvalue weighted by atomic mass is 79.9. The predicted octanol–water partition coefficient (Wildman–Crippen LogP) is 5.10. The molecule has 1 heterocycles. The number of hydrogen-bond acceptors (Lipinski definition) is 3. The summed E-state index contributed by atoms with van der Waals surface area (Å²) in [4.78, 5) is 16.3. The number of alkyl halides is 1. The Bertz CT molecular complexity index is 654. The Morgan fingerprint density at radius 3 is 2.35 bits per heavy atom. The number of halogens is 2. The third-order valence-electron chi connectivity index (χ3n) is 3.98. The number of carbonyl (C=O) groups is 1. The maximum Gasteiger partial charge on any atom is 0.161 e. The fraction of sp³-hybridized carbons (Fsp3) is 0.389. The summed E-state index contributed by atoms with van der Waals surface area (Å²) in [6, 6.07) is 14.2. The average Bonchev–Trinajstić information content (AvgIpc) is 2.95. The van der Waals surface area contributed by atoms with Crippen molar-refractivity contribution in [3.8, 4) is 0 Å². The number of rotatable bonds is 7. The van der Waals surface area contributed by atoms with Crippen LogP contribution in [0, 0.1) is 0 Å². The number of Topliss-reactive ketones (excluding diaryl/α,β-unsaturated/α-hetero) is 1. The van der Waals surface area contributed by atoms with E-state index in [1.54, 1.807) is 11.3 Å². The first-order valence-corrected chi connectivity index (χ1v) is 10.0. The van der Waals surface area contributed by atoms with E-state index >= 15 is 0 Å². The zero-order valence-corrected chi connectivity index (χ0v) is 17.5. The molecule has 2 aromatic rings. The highest BCUT2D eigenvalue weighted by molar-refractivity contribution is 9.11. The monoisotopic (exact) mass is 457 g/mol. The van der Waals surface area contributed by atoms with E-state index in [-0.39, 0.29) is 10.6 Å². The van der Waals surface area contributed by atoms with Gasteiger partial charge in [-0.3, -0.25) is 4.79 Å². The van der Waals surface area contributed by atoms with Gasteiger partial charge in [-0.15, -0.1) is 11.3 Å². The summed E-state index contributed by atoms with van der Waals surface area (Å²) in [6.07, 6.45) is 0.756. The molecule has 0 amide bonds. The molecule has 0 saturated carbocycles. The van der Waals surface area contributed by atoms with Crippen molar-refractivity contribution in [3.05, 3.63) is 56.7 Å². The molecule has 0 spiro atoms. The molecule has 1 aromatic carbocycles. The van der Waals surface area contributed by atoms with Crippen LogP contribution in [0.3, 0.4) is 0 Å². The van der Waals surface area contributed by atoms with Crippen LogP contribution in [0.25, 0.3) is 0 Å². The molecule has 0 N–H and O–H groups in total. The molecule has 0 aliphatic heterocycles. The maximum absolute atomic E-state index is 13.3. The summed E-state index contributed by atoms with van der Waals surface area (Å²) in [5.41, 5.74) is 0.443. The van der Waals surface area contributed by atoms with Crippen LogP contribution < -0.4 is 0 Å². The summed E-state index contributed by atoms with van der Waals surface area (Å²) in [5, 5.41) is 0. The van der Waals surface area contributed by atoms with Gasteiger partial charge >= 0.3 is 0 Å². The van der Waals surface area contributed by atoms with Crippen molar-refractivity contribution >= 4 is 49.0 Å². The van der Waals surface area contributed by atoms with Gasteiger partial charge < -0.3 is 4.90 Å². The second kappa shape index (κ2) is 8.06. The van der Waals surface area contributed by atoms with Crippen LogP contribution in [-0.4, -0.2) is 36.2 Å². The lowest BCUT2D eigenvalue weighted by atomic mass is 9.72. The highest BCUT2D eigenvalue weighted by Crippen LogP contribution is 2.43. The lowest BCUT2D eigenvalue weighted by Crippen LogP contribution is -2.42. The van der Waals surface area contributed by atoms with Crippen molar-refractivity contribution in [3.63, 3.8) is 0 Å². The van der Waals surface area contributed by atoms with Crippen molar-refractivity contribution in [2.24, 2.45) is 0 Å². The third kappa shape index (κ3) is 4.13. The van der Waals surface area contributed by atoms with Crippen molar-refractivity contribution in [1.29, 1.82) is 0 Å². The van der Waals surface area contributed by atoms with E-state index in [9.17, 15) is 4.79 Å². The number of nitrogens with zero attached hydrogens (tertiary/aromatic N) is 1. The van der Waals surface area contributed by atoms with Crippen molar-refractivity contribution in [1.82, 2.24) is 4.90 Å². The van der Waals surface area contributed by atoms with Gasteiger partial charge in [0, 0.05) is 4.88 Å². The number of carbonyl (C=O) groups excluding carboxylic acids is 1. The van der Waals surface area contributed by atoms with E-state index in [0.717, 1.165) is 27.2 Å². The topological polar surface area (TPSA) is 20.3 Å². The second-order valence-electron chi connectivity index (χ2n) is 5.91. The molecule has 23 heavy (non-hydrogen) atoms. The zero-order valence-electron chi connectivity index (χ0n) is 13.6. The Morgan fingerprint density at radius 2 is 1.87 bits per heavy atom. The summed E-state index contributed by atoms with van der Waals surface area (Å²) in [6.45, 7) is 2.76. The lowest BCUT2D eigenvalue weighted by molar-refractivity contribution is -0.122. The Balaban J connectivity index is 2.64. The number of hydrogen-bond donors (Lipinski definition) is 0. The molecular weight excluding hydrogens is 438 g/mol. The zero-order chi connectivity index (χ0) is 17.0. The summed E-state index contributed by atoms with van der Waals surface area (Å²) < 4.78 is 1.05. The standard InChI is InChI=1S/C18H21Br2NOS/c1-13(19)17(22)18(11-12-21(2)3,14-7-5-4-6-8-14)15-9-10-16(20)23-15/h4-10,13H,11-12H2,1-3H3/t13-,18+/m0/s1. The van der Waals surface area contributed by atoms with Gasteiger partial charge in [0.2, 0.25) is 0 Å². The summed E-state index contributed by atoms with van der Waals surface area (Å²) >= 11 is 8.71. The molecular formula is C18H21Br2NOS. The van der Waals surface area contributed by atoms with Gasteiger partial charge in [-0.1, -0.05) is 46.3 Å². The second-order valence-corrected chi connectivity index (χ2v) is 9.75. The molecule has 1 aromatic heterocycles. The number of thiophene rings is 1. The molecule has 0 unspecified atom stereocenters. The molecule has 2 rings (SSSR count). The Hall–Kier alpha value is -0.490. The normalized spacial score (nSPS) is 15.4. The molecule has 0 aliphatic carbocycles. The van der Waals surface area contributed by atoms with Gasteiger partial charge in [0.15, 0.2) is 5.78 Å². The molecule has 0 aliphatic rings. The van der Waals surface area contributed by atoms with E-state index in [0.29, 0.717) is 0 Å². The highest BCUT2D eigenvalue weighted by Gasteiger charge is 2.44. The van der Waals surface area contributed by atoms with E-state index in [1.807, 2.05) is 45.3 Å². The Morgan fingerprint density at radius 1 is 1.22 bits per heavy atom. The van der Waals surface area contributed by atoms with Crippen molar-refractivity contribution < 1.29 is 4.79 Å². The third-order valence-corrected chi connectivity index (χ3v) is 6.18. The minimum absolute atomic E-state index is 0.203. The fourth-order valence-electron chi connectivity index (χ4n) is 2.79. The van der Waals surface area contributed by atoms with E-state index < -0.39 is 5.41 Å². The van der Waals surface area contributed by atoms with E-state index in [4.69, 9.17) is 0 Å². The quantitative estimate of drug-likeness (QED) is 0.538. The molecule has 5 heteroatoms. The summed E-state index contributed by atoms with van der Waals surface area (Å²) in [5.74, 6) is 0.208. The molecule has 124 valence electrons. The first-order valence-electron chi connectivity index (χ1n) is 7.52. The first-order chi connectivity index (χ1) is 10.9. The molecule has 0 fully saturated rings. The Labute approximate surface area is 159 Å². The number of ketones is 1.